The minimum Gasteiger partial charge on any atom is -0.385 e. The van der Waals surface area contributed by atoms with Crippen LogP contribution in [-0.2, 0) is 4.74 Å². The van der Waals surface area contributed by atoms with Crippen LogP contribution in [0.1, 0.15) is 19.8 Å². The van der Waals surface area contributed by atoms with E-state index in [2.05, 4.69) is 10.2 Å². The number of anilines is 2. The number of hydrogen-bond donors (Lipinski definition) is 1. The topological polar surface area (TPSA) is 67.6 Å². The van der Waals surface area contributed by atoms with Gasteiger partial charge in [-0.1, -0.05) is 0 Å². The molecule has 2 unspecified atom stereocenters. The summed E-state index contributed by atoms with van der Waals surface area (Å²) >= 11 is 0. The molecule has 20 heavy (non-hydrogen) atoms. The molecule has 0 aromatic heterocycles. The lowest BCUT2D eigenvalue weighted by Crippen LogP contribution is -2.42. The van der Waals surface area contributed by atoms with Gasteiger partial charge in [0, 0.05) is 43.1 Å². The Hall–Kier alpha value is -1.82. The van der Waals surface area contributed by atoms with Crippen LogP contribution < -0.4 is 10.2 Å². The Labute approximate surface area is 117 Å². The van der Waals surface area contributed by atoms with Crippen molar-refractivity contribution < 1.29 is 9.66 Å². The normalized spacial score (nSPS) is 24.8. The molecular formula is C14H19N3O3. The van der Waals surface area contributed by atoms with Crippen LogP contribution in [0.2, 0.25) is 0 Å². The Kier molecular flexibility index (Phi) is 3.48. The van der Waals surface area contributed by atoms with E-state index in [1.54, 1.807) is 12.1 Å². The molecule has 3 rings (SSSR count). The fourth-order valence-electron chi connectivity index (χ4n) is 3.01. The number of morpholine rings is 1. The highest BCUT2D eigenvalue weighted by molar-refractivity contribution is 5.64. The van der Waals surface area contributed by atoms with Crippen LogP contribution >= 0.6 is 0 Å². The number of non-ortho nitro benzene ring substituents is 1. The van der Waals surface area contributed by atoms with E-state index in [9.17, 15) is 10.1 Å². The molecule has 2 bridgehead atoms. The van der Waals surface area contributed by atoms with Crippen LogP contribution in [0.25, 0.3) is 0 Å². The van der Waals surface area contributed by atoms with Crippen molar-refractivity contribution in [1.82, 2.24) is 0 Å². The van der Waals surface area contributed by atoms with Crippen LogP contribution in [0.3, 0.4) is 0 Å². The van der Waals surface area contributed by atoms with Crippen LogP contribution in [0.15, 0.2) is 18.2 Å². The number of benzene rings is 1. The molecule has 2 fully saturated rings. The van der Waals surface area contributed by atoms with Crippen molar-refractivity contribution in [2.75, 3.05) is 29.9 Å². The van der Waals surface area contributed by atoms with Crippen LogP contribution in [0.4, 0.5) is 17.1 Å². The number of hydrogen-bond acceptors (Lipinski definition) is 5. The van der Waals surface area contributed by atoms with Crippen molar-refractivity contribution in [3.05, 3.63) is 28.3 Å². The monoisotopic (exact) mass is 277 g/mol. The highest BCUT2D eigenvalue weighted by atomic mass is 16.6. The molecule has 2 heterocycles. The lowest BCUT2D eigenvalue weighted by Gasteiger charge is -2.34. The fraction of sp³-hybridized carbons (Fsp3) is 0.571. The summed E-state index contributed by atoms with van der Waals surface area (Å²) in [7, 11) is 0. The lowest BCUT2D eigenvalue weighted by atomic mass is 10.2. The zero-order valence-electron chi connectivity index (χ0n) is 11.5. The fourth-order valence-corrected chi connectivity index (χ4v) is 3.01. The summed E-state index contributed by atoms with van der Waals surface area (Å²) < 4.78 is 5.81. The number of nitrogens with one attached hydrogen (secondary N) is 1. The molecule has 0 saturated carbocycles. The second-order valence-corrected chi connectivity index (χ2v) is 5.39. The number of nitrogens with zero attached hydrogens (tertiary/aromatic N) is 2. The third-order valence-corrected chi connectivity index (χ3v) is 3.90. The highest BCUT2D eigenvalue weighted by Crippen LogP contribution is 2.33. The molecule has 2 aliphatic rings. The number of nitro groups is 1. The zero-order chi connectivity index (χ0) is 14.1. The van der Waals surface area contributed by atoms with E-state index in [0.717, 1.165) is 43.9 Å². The van der Waals surface area contributed by atoms with Crippen molar-refractivity contribution in [2.24, 2.45) is 0 Å². The van der Waals surface area contributed by atoms with Gasteiger partial charge < -0.3 is 15.0 Å². The molecule has 2 aliphatic heterocycles. The largest absolute Gasteiger partial charge is 0.385 e. The second kappa shape index (κ2) is 5.28. The molecule has 1 aromatic carbocycles. The van der Waals surface area contributed by atoms with E-state index in [1.807, 2.05) is 13.0 Å². The predicted molar refractivity (Wildman–Crippen MR) is 77.4 cm³/mol. The van der Waals surface area contributed by atoms with Crippen LogP contribution in [-0.4, -0.2) is 36.8 Å². The van der Waals surface area contributed by atoms with Gasteiger partial charge in [0.25, 0.3) is 5.69 Å². The SMILES string of the molecule is CCNc1cc(N2CC3CCC(C2)O3)cc([N+](=O)[O-])c1. The molecular weight excluding hydrogens is 258 g/mol. The maximum absolute atomic E-state index is 11.1. The first-order valence-corrected chi connectivity index (χ1v) is 7.09. The minimum absolute atomic E-state index is 0.136. The van der Waals surface area contributed by atoms with Crippen molar-refractivity contribution in [3.8, 4) is 0 Å². The molecule has 1 N–H and O–H groups in total. The second-order valence-electron chi connectivity index (χ2n) is 5.39. The number of rotatable bonds is 4. The standard InChI is InChI=1S/C14H19N3O3/c1-2-15-10-5-11(7-12(6-10)17(18)19)16-8-13-3-4-14(9-16)20-13/h5-7,13-15H,2-4,8-9H2,1H3. The summed E-state index contributed by atoms with van der Waals surface area (Å²) in [6, 6.07) is 5.23. The van der Waals surface area contributed by atoms with Crippen LogP contribution in [0.5, 0.6) is 0 Å². The van der Waals surface area contributed by atoms with E-state index >= 15 is 0 Å². The Bertz CT molecular complexity index is 508. The third-order valence-electron chi connectivity index (χ3n) is 3.90. The van der Waals surface area contributed by atoms with Crippen molar-refractivity contribution in [2.45, 2.75) is 32.0 Å². The van der Waals surface area contributed by atoms with Gasteiger partial charge in [-0.2, -0.15) is 0 Å². The average molecular weight is 277 g/mol. The molecule has 1 aromatic rings. The summed E-state index contributed by atoms with van der Waals surface area (Å²) in [5.74, 6) is 0. The van der Waals surface area contributed by atoms with Gasteiger partial charge in [0.2, 0.25) is 0 Å². The number of nitro benzene ring substituents is 1. The van der Waals surface area contributed by atoms with Gasteiger partial charge in [-0.25, -0.2) is 0 Å². The van der Waals surface area contributed by atoms with Crippen molar-refractivity contribution >= 4 is 17.1 Å². The van der Waals surface area contributed by atoms with Crippen LogP contribution in [0, 0.1) is 10.1 Å². The predicted octanol–water partition coefficient (Wildman–Crippen LogP) is 2.39. The Morgan fingerprint density at radius 3 is 2.65 bits per heavy atom. The van der Waals surface area contributed by atoms with E-state index in [-0.39, 0.29) is 22.8 Å². The molecule has 6 nitrogen and oxygen atoms in total. The first-order chi connectivity index (χ1) is 9.65. The highest BCUT2D eigenvalue weighted by Gasteiger charge is 2.34. The van der Waals surface area contributed by atoms with Crippen molar-refractivity contribution in [3.63, 3.8) is 0 Å². The first-order valence-electron chi connectivity index (χ1n) is 7.09. The van der Waals surface area contributed by atoms with Gasteiger partial charge in [-0.05, 0) is 25.8 Å². The summed E-state index contributed by atoms with van der Waals surface area (Å²) in [4.78, 5) is 12.9. The number of fused-ring (bicyclic) bond motifs is 2. The maximum atomic E-state index is 11.1. The van der Waals surface area contributed by atoms with Gasteiger partial charge in [0.1, 0.15) is 0 Å². The lowest BCUT2D eigenvalue weighted by molar-refractivity contribution is -0.384. The van der Waals surface area contributed by atoms with Gasteiger partial charge in [0.15, 0.2) is 0 Å². The smallest absolute Gasteiger partial charge is 0.273 e. The summed E-state index contributed by atoms with van der Waals surface area (Å²) in [6.45, 7) is 4.37. The van der Waals surface area contributed by atoms with E-state index in [1.165, 1.54) is 0 Å². The van der Waals surface area contributed by atoms with E-state index in [0.29, 0.717) is 0 Å². The molecule has 108 valence electrons. The quantitative estimate of drug-likeness (QED) is 0.676. The Balaban J connectivity index is 1.89. The van der Waals surface area contributed by atoms with Gasteiger partial charge in [-0.3, -0.25) is 10.1 Å². The Morgan fingerprint density at radius 1 is 1.35 bits per heavy atom. The molecule has 2 atom stereocenters. The summed E-state index contributed by atoms with van der Waals surface area (Å²) in [5, 5.41) is 14.2. The number of ether oxygens (including phenoxy) is 1. The molecule has 0 aliphatic carbocycles. The third kappa shape index (κ3) is 2.56. The van der Waals surface area contributed by atoms with Gasteiger partial charge in [0.05, 0.1) is 17.1 Å². The maximum Gasteiger partial charge on any atom is 0.273 e. The Morgan fingerprint density at radius 2 is 2.05 bits per heavy atom. The molecule has 0 radical (unpaired) electrons. The molecule has 2 saturated heterocycles. The van der Waals surface area contributed by atoms with Gasteiger partial charge in [-0.15, -0.1) is 0 Å². The molecule has 6 heteroatoms. The molecule has 0 spiro atoms. The van der Waals surface area contributed by atoms with E-state index < -0.39 is 0 Å². The van der Waals surface area contributed by atoms with E-state index in [4.69, 9.17) is 4.74 Å². The van der Waals surface area contributed by atoms with Gasteiger partial charge >= 0.3 is 0 Å². The average Bonchev–Trinajstić information content (AvgIpc) is 2.77. The summed E-state index contributed by atoms with van der Waals surface area (Å²) in [6.07, 6.45) is 2.73. The first kappa shape index (κ1) is 13.2. The van der Waals surface area contributed by atoms with Crippen molar-refractivity contribution in [1.29, 1.82) is 0 Å². The zero-order valence-corrected chi connectivity index (χ0v) is 11.5. The molecule has 0 amide bonds. The summed E-state index contributed by atoms with van der Waals surface area (Å²) in [5.41, 5.74) is 1.85. The minimum atomic E-state index is -0.334.